The van der Waals surface area contributed by atoms with Crippen molar-refractivity contribution >= 4 is 23.2 Å². The molecule has 1 aliphatic heterocycles. The van der Waals surface area contributed by atoms with Crippen LogP contribution in [0.5, 0.6) is 5.75 Å². The first-order valence-corrected chi connectivity index (χ1v) is 7.38. The monoisotopic (exact) mass is 296 g/mol. The average Bonchev–Trinajstić information content (AvgIpc) is 2.47. The van der Waals surface area contributed by atoms with Crippen LogP contribution in [0.25, 0.3) is 0 Å². The average molecular weight is 297 g/mol. The van der Waals surface area contributed by atoms with Crippen molar-refractivity contribution in [3.63, 3.8) is 0 Å². The second-order valence-corrected chi connectivity index (χ2v) is 5.52. The van der Waals surface area contributed by atoms with Crippen LogP contribution in [0.4, 0.5) is 5.69 Å². The van der Waals surface area contributed by atoms with Gasteiger partial charge >= 0.3 is 0 Å². The minimum Gasteiger partial charge on any atom is -0.495 e. The van der Waals surface area contributed by atoms with Gasteiger partial charge in [-0.1, -0.05) is 18.0 Å². The number of nitrogens with zero attached hydrogens (tertiary/aromatic N) is 1. The summed E-state index contributed by atoms with van der Waals surface area (Å²) in [5.41, 5.74) is 0.699. The summed E-state index contributed by atoms with van der Waals surface area (Å²) in [6.07, 6.45) is 3.61. The van der Waals surface area contributed by atoms with Gasteiger partial charge in [0, 0.05) is 5.69 Å². The first-order valence-electron chi connectivity index (χ1n) is 7.00. The number of halogens is 1. The number of amides is 1. The van der Waals surface area contributed by atoms with Crippen molar-refractivity contribution in [2.45, 2.75) is 32.2 Å². The van der Waals surface area contributed by atoms with Gasteiger partial charge in [0.25, 0.3) is 0 Å². The Hall–Kier alpha value is -1.26. The zero-order valence-corrected chi connectivity index (χ0v) is 12.7. The molecule has 1 aromatic carbocycles. The van der Waals surface area contributed by atoms with E-state index in [1.165, 1.54) is 19.3 Å². The molecule has 1 saturated heterocycles. The van der Waals surface area contributed by atoms with Crippen LogP contribution in [-0.2, 0) is 4.79 Å². The van der Waals surface area contributed by atoms with Crippen LogP contribution in [0.2, 0.25) is 5.02 Å². The number of nitrogens with one attached hydrogen (secondary N) is 1. The Labute approximate surface area is 125 Å². The number of benzene rings is 1. The topological polar surface area (TPSA) is 41.6 Å². The van der Waals surface area contributed by atoms with Crippen molar-refractivity contribution < 1.29 is 9.53 Å². The molecule has 0 radical (unpaired) electrons. The predicted molar refractivity (Wildman–Crippen MR) is 81.5 cm³/mol. The molecular formula is C15H21ClN2O2. The van der Waals surface area contributed by atoms with Gasteiger partial charge in [-0.15, -0.1) is 0 Å². The number of likely N-dealkylation sites (tertiary alicyclic amines) is 1. The number of hydrogen-bond acceptors (Lipinski definition) is 3. The highest BCUT2D eigenvalue weighted by Crippen LogP contribution is 2.27. The van der Waals surface area contributed by atoms with Gasteiger partial charge in [-0.25, -0.2) is 0 Å². The lowest BCUT2D eigenvalue weighted by Gasteiger charge is -2.31. The van der Waals surface area contributed by atoms with E-state index >= 15 is 0 Å². The smallest absolute Gasteiger partial charge is 0.241 e. The standard InChI is InChI=1S/C15H21ClN2O2/c1-11(18-8-4-3-5-9-18)15(19)17-12-6-7-14(20-2)13(16)10-12/h6-7,10-11H,3-5,8-9H2,1-2H3,(H,17,19)/t11-/m1/s1. The molecule has 0 unspecified atom stereocenters. The van der Waals surface area contributed by atoms with Gasteiger partial charge in [0.2, 0.25) is 5.91 Å². The van der Waals surface area contributed by atoms with Crippen molar-refractivity contribution in [1.29, 1.82) is 0 Å². The number of piperidine rings is 1. The van der Waals surface area contributed by atoms with Gasteiger partial charge in [0.15, 0.2) is 0 Å². The summed E-state index contributed by atoms with van der Waals surface area (Å²) in [5.74, 6) is 0.613. The number of rotatable bonds is 4. The van der Waals surface area contributed by atoms with Gasteiger partial charge in [0.05, 0.1) is 18.2 Å². The molecule has 0 saturated carbocycles. The van der Waals surface area contributed by atoms with E-state index in [4.69, 9.17) is 16.3 Å². The molecule has 0 aliphatic carbocycles. The number of carbonyl (C=O) groups excluding carboxylic acids is 1. The van der Waals surface area contributed by atoms with E-state index in [1.54, 1.807) is 25.3 Å². The van der Waals surface area contributed by atoms with Crippen LogP contribution in [0.1, 0.15) is 26.2 Å². The van der Waals surface area contributed by atoms with Crippen LogP contribution in [0, 0.1) is 0 Å². The Morgan fingerprint density at radius 2 is 2.05 bits per heavy atom. The van der Waals surface area contributed by atoms with E-state index in [0.717, 1.165) is 13.1 Å². The van der Waals surface area contributed by atoms with Crippen LogP contribution in [-0.4, -0.2) is 37.0 Å². The summed E-state index contributed by atoms with van der Waals surface area (Å²) in [4.78, 5) is 14.5. The van der Waals surface area contributed by atoms with Crippen LogP contribution >= 0.6 is 11.6 Å². The minimum absolute atomic E-state index is 0.00753. The number of ether oxygens (including phenoxy) is 1. The third kappa shape index (κ3) is 3.64. The molecule has 20 heavy (non-hydrogen) atoms. The highest BCUT2D eigenvalue weighted by molar-refractivity contribution is 6.32. The summed E-state index contributed by atoms with van der Waals surface area (Å²) in [7, 11) is 1.57. The summed E-state index contributed by atoms with van der Waals surface area (Å²) in [6, 6.07) is 5.15. The molecule has 2 rings (SSSR count). The second kappa shape index (κ2) is 6.95. The Morgan fingerprint density at radius 3 is 2.65 bits per heavy atom. The molecule has 5 heteroatoms. The van der Waals surface area contributed by atoms with Gasteiger partial charge in [-0.2, -0.15) is 0 Å². The Morgan fingerprint density at radius 1 is 1.35 bits per heavy atom. The Balaban J connectivity index is 1.98. The molecule has 0 spiro atoms. The summed E-state index contributed by atoms with van der Waals surface area (Å²) in [5, 5.41) is 3.41. The maximum Gasteiger partial charge on any atom is 0.241 e. The molecule has 1 aromatic rings. The van der Waals surface area contributed by atoms with Gasteiger partial charge in [-0.3, -0.25) is 9.69 Å². The first kappa shape index (κ1) is 15.1. The molecule has 1 heterocycles. The molecule has 1 fully saturated rings. The van der Waals surface area contributed by atoms with Gasteiger partial charge < -0.3 is 10.1 Å². The number of methoxy groups -OCH3 is 1. The van der Waals surface area contributed by atoms with Crippen molar-refractivity contribution in [3.8, 4) is 5.75 Å². The van der Waals surface area contributed by atoms with Crippen molar-refractivity contribution in [1.82, 2.24) is 4.90 Å². The number of carbonyl (C=O) groups is 1. The minimum atomic E-state index is -0.115. The fourth-order valence-corrected chi connectivity index (χ4v) is 2.72. The van der Waals surface area contributed by atoms with E-state index in [1.807, 2.05) is 6.92 Å². The SMILES string of the molecule is COc1ccc(NC(=O)[C@@H](C)N2CCCCC2)cc1Cl. The van der Waals surface area contributed by atoms with Crippen molar-refractivity contribution in [2.75, 3.05) is 25.5 Å². The van der Waals surface area contributed by atoms with Gasteiger partial charge in [0.1, 0.15) is 5.75 Å². The fourth-order valence-electron chi connectivity index (χ4n) is 2.46. The zero-order chi connectivity index (χ0) is 14.5. The Bertz CT molecular complexity index is 473. The van der Waals surface area contributed by atoms with E-state index in [9.17, 15) is 4.79 Å². The second-order valence-electron chi connectivity index (χ2n) is 5.11. The molecule has 1 N–H and O–H groups in total. The molecule has 1 amide bonds. The molecular weight excluding hydrogens is 276 g/mol. The zero-order valence-electron chi connectivity index (χ0n) is 12.0. The normalized spacial score (nSPS) is 17.6. The lowest BCUT2D eigenvalue weighted by molar-refractivity contribution is -0.121. The van der Waals surface area contributed by atoms with Crippen LogP contribution < -0.4 is 10.1 Å². The first-order chi connectivity index (χ1) is 9.61. The highest BCUT2D eigenvalue weighted by Gasteiger charge is 2.22. The predicted octanol–water partition coefficient (Wildman–Crippen LogP) is 3.16. The third-order valence-electron chi connectivity index (χ3n) is 3.74. The fraction of sp³-hybridized carbons (Fsp3) is 0.533. The maximum atomic E-state index is 12.3. The lowest BCUT2D eigenvalue weighted by Crippen LogP contribution is -2.44. The van der Waals surface area contributed by atoms with E-state index in [-0.39, 0.29) is 11.9 Å². The molecule has 110 valence electrons. The van der Waals surface area contributed by atoms with Crippen LogP contribution in [0.15, 0.2) is 18.2 Å². The van der Waals surface area contributed by atoms with Crippen molar-refractivity contribution in [3.05, 3.63) is 23.2 Å². The Kier molecular flexibility index (Phi) is 5.26. The van der Waals surface area contributed by atoms with E-state index in [2.05, 4.69) is 10.2 Å². The molecule has 4 nitrogen and oxygen atoms in total. The maximum absolute atomic E-state index is 12.3. The molecule has 1 atom stereocenters. The number of anilines is 1. The van der Waals surface area contributed by atoms with Crippen molar-refractivity contribution in [2.24, 2.45) is 0 Å². The quantitative estimate of drug-likeness (QED) is 0.928. The summed E-state index contributed by atoms with van der Waals surface area (Å²) < 4.78 is 5.09. The number of hydrogen-bond donors (Lipinski definition) is 1. The summed E-state index contributed by atoms with van der Waals surface area (Å²) >= 11 is 6.05. The highest BCUT2D eigenvalue weighted by atomic mass is 35.5. The molecule has 0 bridgehead atoms. The van der Waals surface area contributed by atoms with Gasteiger partial charge in [-0.05, 0) is 51.1 Å². The lowest BCUT2D eigenvalue weighted by atomic mass is 10.1. The van der Waals surface area contributed by atoms with Crippen LogP contribution in [0.3, 0.4) is 0 Å². The molecule has 1 aliphatic rings. The summed E-state index contributed by atoms with van der Waals surface area (Å²) in [6.45, 7) is 3.95. The largest absolute Gasteiger partial charge is 0.495 e. The van der Waals surface area contributed by atoms with E-state index in [0.29, 0.717) is 16.5 Å². The molecule has 0 aromatic heterocycles. The third-order valence-corrected chi connectivity index (χ3v) is 4.03. The van der Waals surface area contributed by atoms with E-state index < -0.39 is 0 Å².